The number of amides is 2. The topological polar surface area (TPSA) is 89.5 Å². The summed E-state index contributed by atoms with van der Waals surface area (Å²) in [6, 6.07) is 19.5. The number of rotatable bonds is 10. The third-order valence-electron chi connectivity index (χ3n) is 5.08. The molecule has 1 aromatic heterocycles. The number of nitrogens with one attached hydrogen (secondary N) is 2. The average Bonchev–Trinajstić information content (AvgIpc) is 2.85. The Kier molecular flexibility index (Phi) is 8.41. The van der Waals surface area contributed by atoms with Crippen LogP contribution in [0.5, 0.6) is 11.6 Å². The molecule has 172 valence electrons. The van der Waals surface area contributed by atoms with Gasteiger partial charge in [-0.05, 0) is 47.4 Å². The maximum Gasteiger partial charge on any atom is 0.251 e. The fourth-order valence-corrected chi connectivity index (χ4v) is 3.17. The quantitative estimate of drug-likeness (QED) is 0.494. The van der Waals surface area contributed by atoms with Crippen LogP contribution >= 0.6 is 0 Å². The maximum absolute atomic E-state index is 12.8. The zero-order chi connectivity index (χ0) is 23.6. The molecule has 1 unspecified atom stereocenters. The Morgan fingerprint density at radius 3 is 2.36 bits per heavy atom. The largest absolute Gasteiger partial charge is 0.497 e. The molecule has 0 radical (unpaired) electrons. The number of benzene rings is 2. The van der Waals surface area contributed by atoms with E-state index in [2.05, 4.69) is 15.6 Å². The third kappa shape index (κ3) is 7.07. The summed E-state index contributed by atoms with van der Waals surface area (Å²) in [7, 11) is 1.56. The highest BCUT2D eigenvalue weighted by Gasteiger charge is 2.24. The molecule has 3 aromatic rings. The van der Waals surface area contributed by atoms with E-state index in [9.17, 15) is 9.59 Å². The van der Waals surface area contributed by atoms with Gasteiger partial charge in [0.15, 0.2) is 0 Å². The van der Waals surface area contributed by atoms with Gasteiger partial charge in [0.05, 0.1) is 7.11 Å². The summed E-state index contributed by atoms with van der Waals surface area (Å²) in [5.41, 5.74) is 2.36. The Balaban J connectivity index is 1.56. The molecule has 3 rings (SSSR count). The second kappa shape index (κ2) is 11.7. The number of carbonyl (C=O) groups is 2. The van der Waals surface area contributed by atoms with Crippen LogP contribution in [0.25, 0.3) is 0 Å². The minimum absolute atomic E-state index is 0.0885. The van der Waals surface area contributed by atoms with Gasteiger partial charge in [-0.2, -0.15) is 0 Å². The number of hydrogen-bond donors (Lipinski definition) is 2. The van der Waals surface area contributed by atoms with Crippen molar-refractivity contribution in [3.63, 3.8) is 0 Å². The fraction of sp³-hybridized carbons (Fsp3) is 0.269. The summed E-state index contributed by atoms with van der Waals surface area (Å²) in [6.07, 6.45) is 1.65. The third-order valence-corrected chi connectivity index (χ3v) is 5.08. The first-order valence-corrected chi connectivity index (χ1v) is 10.8. The number of carbonyl (C=O) groups excluding carboxylic acids is 2. The highest BCUT2D eigenvalue weighted by molar-refractivity contribution is 5.97. The number of ether oxygens (including phenoxy) is 2. The van der Waals surface area contributed by atoms with E-state index < -0.39 is 6.04 Å². The van der Waals surface area contributed by atoms with Crippen molar-refractivity contribution in [1.82, 2.24) is 15.6 Å². The minimum Gasteiger partial charge on any atom is -0.497 e. The van der Waals surface area contributed by atoms with Gasteiger partial charge in [0.2, 0.25) is 11.8 Å². The SMILES string of the molecule is COc1ccc(C(=O)NC(C(=O)NCc2ccnc(OCc3ccccc3)c2)C(C)C)cc1. The second-order valence-electron chi connectivity index (χ2n) is 7.92. The van der Waals surface area contributed by atoms with Crippen molar-refractivity contribution < 1.29 is 19.1 Å². The standard InChI is InChI=1S/C26H29N3O4/c1-18(2)24(29-25(30)21-9-11-22(32-3)12-10-21)26(31)28-16-20-13-14-27-23(15-20)33-17-19-7-5-4-6-8-19/h4-15,18,24H,16-17H2,1-3H3,(H,28,31)(H,29,30). The van der Waals surface area contributed by atoms with Crippen LogP contribution in [0.1, 0.15) is 35.3 Å². The average molecular weight is 448 g/mol. The molecule has 1 heterocycles. The van der Waals surface area contributed by atoms with Crippen molar-refractivity contribution in [3.8, 4) is 11.6 Å². The van der Waals surface area contributed by atoms with Gasteiger partial charge in [-0.25, -0.2) is 4.98 Å². The molecule has 0 saturated heterocycles. The number of methoxy groups -OCH3 is 1. The first kappa shape index (κ1) is 23.8. The van der Waals surface area contributed by atoms with Crippen molar-refractivity contribution in [1.29, 1.82) is 0 Å². The van der Waals surface area contributed by atoms with E-state index in [1.165, 1.54) is 0 Å². The number of nitrogens with zero attached hydrogens (tertiary/aromatic N) is 1. The molecule has 7 nitrogen and oxygen atoms in total. The summed E-state index contributed by atoms with van der Waals surface area (Å²) in [5, 5.41) is 5.73. The summed E-state index contributed by atoms with van der Waals surface area (Å²) >= 11 is 0. The monoisotopic (exact) mass is 447 g/mol. The van der Waals surface area contributed by atoms with Crippen molar-refractivity contribution >= 4 is 11.8 Å². The molecular weight excluding hydrogens is 418 g/mol. The normalized spacial score (nSPS) is 11.5. The molecule has 2 aromatic carbocycles. The Bertz CT molecular complexity index is 1050. The Labute approximate surface area is 194 Å². The van der Waals surface area contributed by atoms with Crippen LogP contribution in [0.2, 0.25) is 0 Å². The van der Waals surface area contributed by atoms with E-state index in [0.717, 1.165) is 11.1 Å². The van der Waals surface area contributed by atoms with Crippen LogP contribution in [-0.2, 0) is 17.9 Å². The van der Waals surface area contributed by atoms with Gasteiger partial charge in [-0.1, -0.05) is 44.2 Å². The zero-order valence-corrected chi connectivity index (χ0v) is 19.1. The van der Waals surface area contributed by atoms with E-state index in [-0.39, 0.29) is 17.7 Å². The van der Waals surface area contributed by atoms with Crippen LogP contribution < -0.4 is 20.1 Å². The Morgan fingerprint density at radius 1 is 0.970 bits per heavy atom. The molecule has 33 heavy (non-hydrogen) atoms. The lowest BCUT2D eigenvalue weighted by Crippen LogP contribution is -2.49. The predicted octanol–water partition coefficient (Wildman–Crippen LogP) is 3.74. The van der Waals surface area contributed by atoms with Gasteiger partial charge >= 0.3 is 0 Å². The zero-order valence-electron chi connectivity index (χ0n) is 19.1. The number of pyridine rings is 1. The predicted molar refractivity (Wildman–Crippen MR) is 126 cm³/mol. The fourth-order valence-electron chi connectivity index (χ4n) is 3.17. The summed E-state index contributed by atoms with van der Waals surface area (Å²) < 4.78 is 10.9. The van der Waals surface area contributed by atoms with Crippen LogP contribution in [0, 0.1) is 5.92 Å². The number of aromatic nitrogens is 1. The highest BCUT2D eigenvalue weighted by Crippen LogP contribution is 2.14. The first-order chi connectivity index (χ1) is 16.0. The van der Waals surface area contributed by atoms with Gasteiger partial charge in [0, 0.05) is 24.4 Å². The van der Waals surface area contributed by atoms with Gasteiger partial charge in [0.25, 0.3) is 5.91 Å². The molecule has 1 atom stereocenters. The van der Waals surface area contributed by atoms with Crippen molar-refractivity contribution in [2.75, 3.05) is 7.11 Å². The van der Waals surface area contributed by atoms with Gasteiger partial charge in [0.1, 0.15) is 18.4 Å². The lowest BCUT2D eigenvalue weighted by molar-refractivity contribution is -0.124. The highest BCUT2D eigenvalue weighted by atomic mass is 16.5. The van der Waals surface area contributed by atoms with Crippen LogP contribution in [0.15, 0.2) is 72.9 Å². The van der Waals surface area contributed by atoms with Crippen LogP contribution in [0.3, 0.4) is 0 Å². The summed E-state index contributed by atoms with van der Waals surface area (Å²) in [4.78, 5) is 29.7. The molecule has 7 heteroatoms. The van der Waals surface area contributed by atoms with Crippen LogP contribution in [0.4, 0.5) is 0 Å². The lowest BCUT2D eigenvalue weighted by Gasteiger charge is -2.22. The van der Waals surface area contributed by atoms with Crippen LogP contribution in [-0.4, -0.2) is 29.9 Å². The summed E-state index contributed by atoms with van der Waals surface area (Å²) in [6.45, 7) is 4.49. The van der Waals surface area contributed by atoms with Gasteiger partial charge in [-0.15, -0.1) is 0 Å². The van der Waals surface area contributed by atoms with E-state index in [1.54, 1.807) is 43.6 Å². The Morgan fingerprint density at radius 2 is 1.70 bits per heavy atom. The first-order valence-electron chi connectivity index (χ1n) is 10.8. The lowest BCUT2D eigenvalue weighted by atomic mass is 10.0. The molecule has 0 spiro atoms. The molecule has 0 saturated carbocycles. The van der Waals surface area contributed by atoms with E-state index in [1.807, 2.05) is 50.2 Å². The summed E-state index contributed by atoms with van der Waals surface area (Å²) in [5.74, 6) is 0.491. The van der Waals surface area contributed by atoms with Crippen molar-refractivity contribution in [2.45, 2.75) is 33.0 Å². The van der Waals surface area contributed by atoms with E-state index in [0.29, 0.717) is 30.3 Å². The minimum atomic E-state index is -0.671. The van der Waals surface area contributed by atoms with Crippen molar-refractivity contribution in [2.24, 2.45) is 5.92 Å². The molecule has 0 bridgehead atoms. The van der Waals surface area contributed by atoms with Gasteiger partial charge in [-0.3, -0.25) is 9.59 Å². The molecule has 2 amide bonds. The molecule has 0 aliphatic rings. The molecule has 0 aliphatic carbocycles. The van der Waals surface area contributed by atoms with Crippen molar-refractivity contribution in [3.05, 3.63) is 89.6 Å². The van der Waals surface area contributed by atoms with E-state index >= 15 is 0 Å². The number of hydrogen-bond acceptors (Lipinski definition) is 5. The van der Waals surface area contributed by atoms with E-state index in [4.69, 9.17) is 9.47 Å². The molecule has 0 aliphatic heterocycles. The molecule has 2 N–H and O–H groups in total. The Hall–Kier alpha value is -3.87. The smallest absolute Gasteiger partial charge is 0.251 e. The molecular formula is C26H29N3O4. The molecule has 0 fully saturated rings. The van der Waals surface area contributed by atoms with Gasteiger partial charge < -0.3 is 20.1 Å². The maximum atomic E-state index is 12.8. The second-order valence-corrected chi connectivity index (χ2v) is 7.92.